The summed E-state index contributed by atoms with van der Waals surface area (Å²) in [6, 6.07) is 0. The Hall–Kier alpha value is -1.63. The molecule has 0 radical (unpaired) electrons. The topological polar surface area (TPSA) is 88.7 Å². The minimum atomic E-state index is -1.06. The SMILES string of the molecule is CC(C)c1noc(C[C@]2(O)CCCN(C(=O)OC(C)(C)C)C2)n1. The Morgan fingerprint density at radius 3 is 2.74 bits per heavy atom. The normalized spacial score (nSPS) is 22.5. The van der Waals surface area contributed by atoms with Crippen LogP contribution in [-0.4, -0.2) is 50.5 Å². The number of β-amino-alcohol motifs (C(OH)–C–C–N with tert-alkyl or cyclic N) is 1. The van der Waals surface area contributed by atoms with Gasteiger partial charge >= 0.3 is 6.09 Å². The molecule has 1 saturated heterocycles. The average Bonchev–Trinajstić information content (AvgIpc) is 2.84. The molecule has 1 aliphatic heterocycles. The van der Waals surface area contributed by atoms with Crippen LogP contribution < -0.4 is 0 Å². The number of carbonyl (C=O) groups is 1. The molecule has 1 fully saturated rings. The molecule has 0 aliphatic carbocycles. The highest BCUT2D eigenvalue weighted by atomic mass is 16.6. The van der Waals surface area contributed by atoms with E-state index in [4.69, 9.17) is 9.26 Å². The quantitative estimate of drug-likeness (QED) is 0.918. The fourth-order valence-electron chi connectivity index (χ4n) is 2.59. The lowest BCUT2D eigenvalue weighted by Crippen LogP contribution is -2.52. The van der Waals surface area contributed by atoms with Crippen molar-refractivity contribution < 1.29 is 19.2 Å². The van der Waals surface area contributed by atoms with Crippen LogP contribution in [0.5, 0.6) is 0 Å². The van der Waals surface area contributed by atoms with E-state index < -0.39 is 17.3 Å². The summed E-state index contributed by atoms with van der Waals surface area (Å²) in [4.78, 5) is 18.0. The maximum absolute atomic E-state index is 12.2. The first-order valence-electron chi connectivity index (χ1n) is 8.11. The smallest absolute Gasteiger partial charge is 0.410 e. The number of aromatic nitrogens is 2. The van der Waals surface area contributed by atoms with E-state index in [1.165, 1.54) is 0 Å². The van der Waals surface area contributed by atoms with Crippen LogP contribution in [0.4, 0.5) is 4.79 Å². The van der Waals surface area contributed by atoms with Gasteiger partial charge < -0.3 is 19.3 Å². The molecule has 1 amide bonds. The Labute approximate surface area is 137 Å². The summed E-state index contributed by atoms with van der Waals surface area (Å²) in [5.41, 5.74) is -1.61. The van der Waals surface area contributed by atoms with Crippen molar-refractivity contribution in [2.45, 2.75) is 71.0 Å². The number of nitrogens with zero attached hydrogens (tertiary/aromatic N) is 3. The summed E-state index contributed by atoms with van der Waals surface area (Å²) in [7, 11) is 0. The second-order valence-corrected chi connectivity index (χ2v) is 7.61. The molecule has 2 heterocycles. The van der Waals surface area contributed by atoms with Crippen LogP contribution in [0.2, 0.25) is 0 Å². The average molecular weight is 325 g/mol. The van der Waals surface area contributed by atoms with Gasteiger partial charge in [-0.3, -0.25) is 0 Å². The van der Waals surface area contributed by atoms with Crippen molar-refractivity contribution in [1.82, 2.24) is 15.0 Å². The zero-order chi connectivity index (χ0) is 17.3. The van der Waals surface area contributed by atoms with Crippen molar-refractivity contribution in [1.29, 1.82) is 0 Å². The van der Waals surface area contributed by atoms with E-state index in [1.54, 1.807) is 4.90 Å². The van der Waals surface area contributed by atoms with Crippen LogP contribution in [-0.2, 0) is 11.2 Å². The highest BCUT2D eigenvalue weighted by molar-refractivity contribution is 5.68. The zero-order valence-electron chi connectivity index (χ0n) is 14.6. The molecule has 1 aromatic rings. The van der Waals surface area contributed by atoms with Crippen LogP contribution >= 0.6 is 0 Å². The van der Waals surface area contributed by atoms with Gasteiger partial charge in [-0.1, -0.05) is 19.0 Å². The van der Waals surface area contributed by atoms with Crippen LogP contribution in [0.3, 0.4) is 0 Å². The minimum Gasteiger partial charge on any atom is -0.444 e. The van der Waals surface area contributed by atoms with E-state index in [0.29, 0.717) is 31.1 Å². The second-order valence-electron chi connectivity index (χ2n) is 7.61. The highest BCUT2D eigenvalue weighted by Gasteiger charge is 2.38. The summed E-state index contributed by atoms with van der Waals surface area (Å²) < 4.78 is 10.6. The number of hydrogen-bond acceptors (Lipinski definition) is 6. The monoisotopic (exact) mass is 325 g/mol. The van der Waals surface area contributed by atoms with Gasteiger partial charge in [-0.25, -0.2) is 4.79 Å². The van der Waals surface area contributed by atoms with E-state index in [2.05, 4.69) is 10.1 Å². The van der Waals surface area contributed by atoms with Crippen molar-refractivity contribution in [3.8, 4) is 0 Å². The summed E-state index contributed by atoms with van der Waals surface area (Å²) in [5.74, 6) is 1.21. The molecule has 0 bridgehead atoms. The van der Waals surface area contributed by atoms with E-state index in [9.17, 15) is 9.90 Å². The summed E-state index contributed by atoms with van der Waals surface area (Å²) in [6.45, 7) is 10.2. The molecule has 130 valence electrons. The van der Waals surface area contributed by atoms with Gasteiger partial charge in [0.2, 0.25) is 5.89 Å². The Balaban J connectivity index is 2.01. The predicted molar refractivity (Wildman–Crippen MR) is 84.1 cm³/mol. The Morgan fingerprint density at radius 2 is 2.17 bits per heavy atom. The molecule has 1 N–H and O–H groups in total. The first-order valence-corrected chi connectivity index (χ1v) is 8.11. The third-order valence-electron chi connectivity index (χ3n) is 3.69. The number of carbonyl (C=O) groups excluding carboxylic acids is 1. The Morgan fingerprint density at radius 1 is 1.48 bits per heavy atom. The molecular weight excluding hydrogens is 298 g/mol. The van der Waals surface area contributed by atoms with Gasteiger partial charge in [-0.15, -0.1) is 0 Å². The van der Waals surface area contributed by atoms with Gasteiger partial charge in [0.25, 0.3) is 0 Å². The lowest BCUT2D eigenvalue weighted by molar-refractivity contribution is -0.0458. The molecule has 7 nitrogen and oxygen atoms in total. The largest absolute Gasteiger partial charge is 0.444 e. The van der Waals surface area contributed by atoms with Crippen LogP contribution in [0.25, 0.3) is 0 Å². The molecule has 2 rings (SSSR count). The van der Waals surface area contributed by atoms with Gasteiger partial charge in [0.1, 0.15) is 5.60 Å². The maximum Gasteiger partial charge on any atom is 0.410 e. The molecule has 0 aromatic carbocycles. The first-order chi connectivity index (χ1) is 10.6. The number of piperidine rings is 1. The first kappa shape index (κ1) is 17.7. The lowest BCUT2D eigenvalue weighted by atomic mass is 9.90. The Kier molecular flexibility index (Phi) is 4.98. The number of likely N-dealkylation sites (tertiary alicyclic amines) is 1. The van der Waals surface area contributed by atoms with Gasteiger partial charge in [-0.05, 0) is 33.6 Å². The lowest BCUT2D eigenvalue weighted by Gasteiger charge is -2.38. The van der Waals surface area contributed by atoms with Gasteiger partial charge in [0.05, 0.1) is 18.6 Å². The van der Waals surface area contributed by atoms with Gasteiger partial charge in [0, 0.05) is 12.5 Å². The third-order valence-corrected chi connectivity index (χ3v) is 3.69. The highest BCUT2D eigenvalue weighted by Crippen LogP contribution is 2.26. The molecule has 1 aromatic heterocycles. The predicted octanol–water partition coefficient (Wildman–Crippen LogP) is 2.50. The summed E-state index contributed by atoms with van der Waals surface area (Å²) in [5, 5.41) is 14.7. The number of hydrogen-bond donors (Lipinski definition) is 1. The summed E-state index contributed by atoms with van der Waals surface area (Å²) in [6.07, 6.45) is 1.14. The maximum atomic E-state index is 12.2. The van der Waals surface area contributed by atoms with Crippen LogP contribution in [0.15, 0.2) is 4.52 Å². The second kappa shape index (κ2) is 6.47. The molecule has 7 heteroatoms. The van der Waals surface area contributed by atoms with E-state index >= 15 is 0 Å². The third kappa shape index (κ3) is 4.92. The standard InChI is InChI=1S/C16H27N3O4/c1-11(2)13-17-12(23-18-13)9-16(21)7-6-8-19(10-16)14(20)22-15(3,4)5/h11,21H,6-10H2,1-5H3/t16-/m1/s1. The van der Waals surface area contributed by atoms with E-state index in [0.717, 1.165) is 0 Å². The molecule has 0 unspecified atom stereocenters. The number of aliphatic hydroxyl groups is 1. The van der Waals surface area contributed by atoms with Crippen LogP contribution in [0.1, 0.15) is 65.1 Å². The zero-order valence-corrected chi connectivity index (χ0v) is 14.6. The summed E-state index contributed by atoms with van der Waals surface area (Å²) >= 11 is 0. The van der Waals surface area contributed by atoms with E-state index in [-0.39, 0.29) is 18.9 Å². The Bertz CT molecular complexity index is 550. The molecule has 1 aliphatic rings. The van der Waals surface area contributed by atoms with Crippen molar-refractivity contribution in [2.24, 2.45) is 0 Å². The molecule has 1 atom stereocenters. The van der Waals surface area contributed by atoms with E-state index in [1.807, 2.05) is 34.6 Å². The number of rotatable bonds is 3. The molecule has 0 spiro atoms. The van der Waals surface area contributed by atoms with Crippen LogP contribution in [0, 0.1) is 0 Å². The molecular formula is C16H27N3O4. The fraction of sp³-hybridized carbons (Fsp3) is 0.812. The number of amides is 1. The van der Waals surface area contributed by atoms with Gasteiger partial charge in [0.15, 0.2) is 5.82 Å². The minimum absolute atomic E-state index is 0.173. The van der Waals surface area contributed by atoms with Crippen molar-refractivity contribution in [3.05, 3.63) is 11.7 Å². The molecule has 23 heavy (non-hydrogen) atoms. The van der Waals surface area contributed by atoms with Crippen molar-refractivity contribution in [3.63, 3.8) is 0 Å². The van der Waals surface area contributed by atoms with Crippen molar-refractivity contribution >= 4 is 6.09 Å². The van der Waals surface area contributed by atoms with Gasteiger partial charge in [-0.2, -0.15) is 4.98 Å². The molecule has 0 saturated carbocycles. The number of ether oxygens (including phenoxy) is 1. The fourth-order valence-corrected chi connectivity index (χ4v) is 2.59. The van der Waals surface area contributed by atoms with Crippen molar-refractivity contribution in [2.75, 3.05) is 13.1 Å².